The second-order valence-electron chi connectivity index (χ2n) is 3.47. The molecule has 1 aliphatic heterocycles. The monoisotopic (exact) mass is 230 g/mol. The van der Waals surface area contributed by atoms with E-state index in [1.807, 2.05) is 0 Å². The molecule has 1 heterocycles. The van der Waals surface area contributed by atoms with Crippen molar-refractivity contribution in [2.75, 3.05) is 5.32 Å². The Morgan fingerprint density at radius 3 is 2.71 bits per heavy atom. The summed E-state index contributed by atoms with van der Waals surface area (Å²) in [7, 11) is 0. The molecular formula is C9H8Cl2N2O. The molecule has 1 aromatic carbocycles. The zero-order chi connectivity index (χ0) is 10.5. The Morgan fingerprint density at radius 2 is 2.07 bits per heavy atom. The van der Waals surface area contributed by atoms with Crippen LogP contribution in [0.25, 0.3) is 0 Å². The number of carbonyl (C=O) groups is 1. The van der Waals surface area contributed by atoms with Crippen molar-refractivity contribution in [3.8, 4) is 0 Å². The van der Waals surface area contributed by atoms with Gasteiger partial charge in [0.2, 0.25) is 5.91 Å². The molecule has 3 nitrogen and oxygen atoms in total. The van der Waals surface area contributed by atoms with Crippen molar-refractivity contribution < 1.29 is 4.79 Å². The van der Waals surface area contributed by atoms with Crippen molar-refractivity contribution in [2.24, 2.45) is 5.73 Å². The van der Waals surface area contributed by atoms with Crippen LogP contribution in [0.1, 0.15) is 12.5 Å². The number of halogens is 2. The van der Waals surface area contributed by atoms with Gasteiger partial charge in [-0.3, -0.25) is 4.79 Å². The summed E-state index contributed by atoms with van der Waals surface area (Å²) in [5.41, 5.74) is 5.97. The van der Waals surface area contributed by atoms with E-state index in [2.05, 4.69) is 5.32 Å². The third-order valence-electron chi connectivity index (χ3n) is 2.29. The van der Waals surface area contributed by atoms with E-state index in [-0.39, 0.29) is 5.91 Å². The van der Waals surface area contributed by atoms with Gasteiger partial charge in [0, 0.05) is 21.3 Å². The lowest BCUT2D eigenvalue weighted by atomic mass is 9.95. The van der Waals surface area contributed by atoms with Crippen molar-refractivity contribution in [1.29, 1.82) is 0 Å². The molecule has 0 aromatic heterocycles. The molecule has 1 amide bonds. The van der Waals surface area contributed by atoms with E-state index in [9.17, 15) is 4.79 Å². The van der Waals surface area contributed by atoms with Crippen molar-refractivity contribution >= 4 is 34.8 Å². The van der Waals surface area contributed by atoms with Crippen molar-refractivity contribution in [3.63, 3.8) is 0 Å². The highest BCUT2D eigenvalue weighted by atomic mass is 35.5. The maximum Gasteiger partial charge on any atom is 0.248 e. The molecule has 3 N–H and O–H groups in total. The average molecular weight is 231 g/mol. The Balaban J connectivity index is 2.71. The fourth-order valence-electron chi connectivity index (χ4n) is 1.57. The number of anilines is 1. The molecule has 1 aromatic rings. The molecule has 1 unspecified atom stereocenters. The molecule has 74 valence electrons. The number of fused-ring (bicyclic) bond motifs is 1. The minimum absolute atomic E-state index is 0.267. The lowest BCUT2D eigenvalue weighted by molar-refractivity contribution is -0.120. The Morgan fingerprint density at radius 1 is 1.43 bits per heavy atom. The van der Waals surface area contributed by atoms with Crippen LogP contribution >= 0.6 is 23.2 Å². The molecular weight excluding hydrogens is 223 g/mol. The van der Waals surface area contributed by atoms with Crippen molar-refractivity contribution in [3.05, 3.63) is 27.7 Å². The predicted octanol–water partition coefficient (Wildman–Crippen LogP) is 2.12. The van der Waals surface area contributed by atoms with Crippen LogP contribution in [0, 0.1) is 0 Å². The third kappa shape index (κ3) is 1.21. The topological polar surface area (TPSA) is 55.1 Å². The molecule has 1 atom stereocenters. The maximum absolute atomic E-state index is 11.5. The summed E-state index contributed by atoms with van der Waals surface area (Å²) in [6.45, 7) is 1.62. The highest BCUT2D eigenvalue weighted by molar-refractivity contribution is 6.36. The first-order valence-electron chi connectivity index (χ1n) is 4.03. The number of nitrogens with one attached hydrogen (secondary N) is 1. The van der Waals surface area contributed by atoms with Crippen LogP contribution in [-0.2, 0) is 10.3 Å². The first-order valence-corrected chi connectivity index (χ1v) is 4.78. The van der Waals surface area contributed by atoms with E-state index < -0.39 is 5.54 Å². The lowest BCUT2D eigenvalue weighted by Gasteiger charge is -2.16. The Bertz CT molecular complexity index is 429. The van der Waals surface area contributed by atoms with Crippen LogP contribution in [0.4, 0.5) is 5.69 Å². The van der Waals surface area contributed by atoms with E-state index in [1.165, 1.54) is 0 Å². The van der Waals surface area contributed by atoms with Gasteiger partial charge < -0.3 is 11.1 Å². The molecule has 14 heavy (non-hydrogen) atoms. The summed E-state index contributed by atoms with van der Waals surface area (Å²) < 4.78 is 0. The van der Waals surface area contributed by atoms with Crippen molar-refractivity contribution in [1.82, 2.24) is 0 Å². The molecule has 5 heteroatoms. The van der Waals surface area contributed by atoms with Crippen LogP contribution in [0.3, 0.4) is 0 Å². The zero-order valence-corrected chi connectivity index (χ0v) is 8.91. The van der Waals surface area contributed by atoms with E-state index >= 15 is 0 Å². The first kappa shape index (κ1) is 9.77. The number of nitrogens with two attached hydrogens (primary N) is 1. The minimum atomic E-state index is -1.07. The van der Waals surface area contributed by atoms with Crippen LogP contribution < -0.4 is 11.1 Å². The molecule has 0 saturated heterocycles. The quantitative estimate of drug-likeness (QED) is 0.718. The average Bonchev–Trinajstić information content (AvgIpc) is 2.21. The highest BCUT2D eigenvalue weighted by Crippen LogP contribution is 2.40. The lowest BCUT2D eigenvalue weighted by Crippen LogP contribution is -2.40. The SMILES string of the molecule is CC1(N)C(=O)Nc2cc(Cl)cc(Cl)c21. The third-order valence-corrected chi connectivity index (χ3v) is 2.81. The first-order chi connectivity index (χ1) is 6.43. The highest BCUT2D eigenvalue weighted by Gasteiger charge is 2.41. The largest absolute Gasteiger partial charge is 0.324 e. The fourth-order valence-corrected chi connectivity index (χ4v) is 2.26. The van der Waals surface area contributed by atoms with Gasteiger partial charge in [0.1, 0.15) is 5.54 Å². The summed E-state index contributed by atoms with van der Waals surface area (Å²) in [5, 5.41) is 3.53. The number of hydrogen-bond acceptors (Lipinski definition) is 2. The number of rotatable bonds is 0. The summed E-state index contributed by atoms with van der Waals surface area (Å²) >= 11 is 11.8. The Kier molecular flexibility index (Phi) is 2.00. The zero-order valence-electron chi connectivity index (χ0n) is 7.40. The maximum atomic E-state index is 11.5. The van der Waals surface area contributed by atoms with Gasteiger partial charge in [-0.15, -0.1) is 0 Å². The second kappa shape index (κ2) is 2.86. The standard InChI is InChI=1S/C9H8Cl2N2O/c1-9(12)7-5(11)2-4(10)3-6(7)13-8(9)14/h2-3H,12H2,1H3,(H,13,14). The van der Waals surface area contributed by atoms with Gasteiger partial charge in [-0.25, -0.2) is 0 Å². The van der Waals surface area contributed by atoms with Gasteiger partial charge in [-0.05, 0) is 19.1 Å². The van der Waals surface area contributed by atoms with Gasteiger partial charge in [0.15, 0.2) is 0 Å². The number of benzene rings is 1. The van der Waals surface area contributed by atoms with E-state index in [0.717, 1.165) is 0 Å². The number of carbonyl (C=O) groups excluding carboxylic acids is 1. The molecule has 0 saturated carbocycles. The molecule has 0 bridgehead atoms. The van der Waals surface area contributed by atoms with Gasteiger partial charge >= 0.3 is 0 Å². The van der Waals surface area contributed by atoms with Crippen LogP contribution in [0.15, 0.2) is 12.1 Å². The van der Waals surface area contributed by atoms with E-state index in [0.29, 0.717) is 21.3 Å². The minimum Gasteiger partial charge on any atom is -0.324 e. The van der Waals surface area contributed by atoms with Crippen LogP contribution in [-0.4, -0.2) is 5.91 Å². The Hall–Kier alpha value is -0.770. The van der Waals surface area contributed by atoms with Gasteiger partial charge in [0.05, 0.1) is 0 Å². The van der Waals surface area contributed by atoms with Gasteiger partial charge in [0.25, 0.3) is 0 Å². The van der Waals surface area contributed by atoms with E-state index in [4.69, 9.17) is 28.9 Å². The van der Waals surface area contributed by atoms with Crippen LogP contribution in [0.2, 0.25) is 10.0 Å². The molecule has 0 radical (unpaired) electrons. The summed E-state index contributed by atoms with van der Waals surface area (Å²) in [6.07, 6.45) is 0. The van der Waals surface area contributed by atoms with E-state index in [1.54, 1.807) is 19.1 Å². The molecule has 1 aliphatic rings. The predicted molar refractivity (Wildman–Crippen MR) is 56.6 cm³/mol. The molecule has 0 aliphatic carbocycles. The molecule has 2 rings (SSSR count). The van der Waals surface area contributed by atoms with Crippen LogP contribution in [0.5, 0.6) is 0 Å². The number of amides is 1. The van der Waals surface area contributed by atoms with Crippen molar-refractivity contribution in [2.45, 2.75) is 12.5 Å². The fraction of sp³-hybridized carbons (Fsp3) is 0.222. The van der Waals surface area contributed by atoms with Gasteiger partial charge in [-0.2, -0.15) is 0 Å². The molecule has 0 fully saturated rings. The smallest absolute Gasteiger partial charge is 0.248 e. The van der Waals surface area contributed by atoms with Gasteiger partial charge in [-0.1, -0.05) is 23.2 Å². The normalized spacial score (nSPS) is 24.7. The summed E-state index contributed by atoms with van der Waals surface area (Å²) in [6, 6.07) is 3.21. The summed E-state index contributed by atoms with van der Waals surface area (Å²) in [4.78, 5) is 11.5. The number of hydrogen-bond donors (Lipinski definition) is 2. The Labute approximate surface area is 91.2 Å². The second-order valence-corrected chi connectivity index (χ2v) is 4.31. The summed E-state index contributed by atoms with van der Waals surface area (Å²) in [5.74, 6) is -0.267. The molecule has 0 spiro atoms.